The van der Waals surface area contributed by atoms with Crippen LogP contribution in [0, 0.1) is 5.92 Å². The molecule has 3 heterocycles. The summed E-state index contributed by atoms with van der Waals surface area (Å²) in [5.74, 6) is 0.657. The van der Waals surface area contributed by atoms with E-state index in [1.54, 1.807) is 6.33 Å². The van der Waals surface area contributed by atoms with Crippen LogP contribution in [0.2, 0.25) is 0 Å². The lowest BCUT2D eigenvalue weighted by Gasteiger charge is -2.36. The third-order valence-electron chi connectivity index (χ3n) is 4.18. The number of likely N-dealkylation sites (tertiary alicyclic amines) is 1. The number of aromatic nitrogens is 4. The van der Waals surface area contributed by atoms with Gasteiger partial charge in [-0.1, -0.05) is 6.07 Å². The first-order valence-electron chi connectivity index (χ1n) is 7.29. The highest BCUT2D eigenvalue weighted by molar-refractivity contribution is 5.13. The number of hydrogen-bond acceptors (Lipinski definition) is 4. The summed E-state index contributed by atoms with van der Waals surface area (Å²) in [7, 11) is 0. The zero-order chi connectivity index (χ0) is 13.8. The molecule has 1 saturated heterocycles. The highest BCUT2D eigenvalue weighted by atomic mass is 15.3. The number of nitrogens with zero attached hydrogens (tertiary/aromatic N) is 5. The van der Waals surface area contributed by atoms with E-state index in [4.69, 9.17) is 0 Å². The minimum absolute atomic E-state index is 0.433. The molecule has 2 aromatic rings. The van der Waals surface area contributed by atoms with Crippen molar-refractivity contribution >= 4 is 0 Å². The molecule has 1 aliphatic heterocycles. The van der Waals surface area contributed by atoms with E-state index in [9.17, 15) is 0 Å². The first-order valence-corrected chi connectivity index (χ1v) is 7.29. The van der Waals surface area contributed by atoms with Crippen LogP contribution in [-0.2, 0) is 6.54 Å². The molecule has 5 nitrogen and oxygen atoms in total. The van der Waals surface area contributed by atoms with Gasteiger partial charge in [-0.25, -0.2) is 4.98 Å². The Bertz CT molecular complexity index is 510. The molecule has 106 valence electrons. The largest absolute Gasteiger partial charge is 0.296 e. The molecule has 0 aromatic carbocycles. The minimum Gasteiger partial charge on any atom is -0.296 e. The van der Waals surface area contributed by atoms with Crippen LogP contribution in [0.15, 0.2) is 37.2 Å². The van der Waals surface area contributed by atoms with Crippen molar-refractivity contribution in [2.24, 2.45) is 5.92 Å². The molecule has 1 aliphatic rings. The van der Waals surface area contributed by atoms with Crippen LogP contribution in [-0.4, -0.2) is 37.7 Å². The number of hydrogen-bond donors (Lipinski definition) is 0. The maximum absolute atomic E-state index is 4.23. The Kier molecular flexibility index (Phi) is 4.06. The van der Waals surface area contributed by atoms with Crippen LogP contribution >= 0.6 is 0 Å². The Morgan fingerprint density at radius 3 is 3.10 bits per heavy atom. The average Bonchev–Trinajstić information content (AvgIpc) is 3.01. The summed E-state index contributed by atoms with van der Waals surface area (Å²) in [5.41, 5.74) is 1.30. The quantitative estimate of drug-likeness (QED) is 0.855. The molecule has 0 aliphatic carbocycles. The van der Waals surface area contributed by atoms with Gasteiger partial charge < -0.3 is 0 Å². The normalized spacial score (nSPS) is 21.8. The van der Waals surface area contributed by atoms with Gasteiger partial charge in [-0.3, -0.25) is 14.6 Å². The monoisotopic (exact) mass is 271 g/mol. The summed E-state index contributed by atoms with van der Waals surface area (Å²) in [6, 6.07) is 4.61. The molecule has 20 heavy (non-hydrogen) atoms. The van der Waals surface area contributed by atoms with E-state index < -0.39 is 0 Å². The summed E-state index contributed by atoms with van der Waals surface area (Å²) < 4.78 is 1.95. The first kappa shape index (κ1) is 13.2. The van der Waals surface area contributed by atoms with E-state index in [-0.39, 0.29) is 0 Å². The summed E-state index contributed by atoms with van der Waals surface area (Å²) in [6.07, 6.45) is 9.76. The van der Waals surface area contributed by atoms with Crippen molar-refractivity contribution < 1.29 is 0 Å². The number of rotatable bonds is 4. The molecular weight excluding hydrogens is 250 g/mol. The van der Waals surface area contributed by atoms with E-state index in [0.29, 0.717) is 12.0 Å². The fourth-order valence-corrected chi connectivity index (χ4v) is 3.02. The predicted molar refractivity (Wildman–Crippen MR) is 77.0 cm³/mol. The third-order valence-corrected chi connectivity index (χ3v) is 4.18. The molecule has 3 rings (SSSR count). The van der Waals surface area contributed by atoms with Gasteiger partial charge in [-0.05, 0) is 43.9 Å². The molecule has 0 saturated carbocycles. The Balaban J connectivity index is 1.63. The molecule has 0 amide bonds. The molecule has 0 bridgehead atoms. The first-order chi connectivity index (χ1) is 9.83. The van der Waals surface area contributed by atoms with Crippen molar-refractivity contribution in [1.29, 1.82) is 0 Å². The standard InChI is InChI=1S/C15H21N5/c1-13(15-5-2-6-16-8-15)19-7-3-4-14(9-19)10-20-12-17-11-18-20/h2,5-6,8,11-14H,3-4,7,9-10H2,1H3/t13-,14+/m0/s1. The third kappa shape index (κ3) is 3.04. The van der Waals surface area contributed by atoms with Crippen molar-refractivity contribution in [3.8, 4) is 0 Å². The van der Waals surface area contributed by atoms with Gasteiger partial charge in [0.2, 0.25) is 0 Å². The van der Waals surface area contributed by atoms with E-state index >= 15 is 0 Å². The van der Waals surface area contributed by atoms with Crippen LogP contribution in [0.1, 0.15) is 31.4 Å². The van der Waals surface area contributed by atoms with Crippen molar-refractivity contribution in [1.82, 2.24) is 24.6 Å². The van der Waals surface area contributed by atoms with Gasteiger partial charge in [0.15, 0.2) is 0 Å². The van der Waals surface area contributed by atoms with E-state index in [1.165, 1.54) is 24.9 Å². The molecule has 0 unspecified atom stereocenters. The van der Waals surface area contributed by atoms with Gasteiger partial charge in [0.25, 0.3) is 0 Å². The van der Waals surface area contributed by atoms with E-state index in [2.05, 4.69) is 33.0 Å². The summed E-state index contributed by atoms with van der Waals surface area (Å²) in [6.45, 7) is 5.53. The lowest BCUT2D eigenvalue weighted by molar-refractivity contribution is 0.120. The maximum Gasteiger partial charge on any atom is 0.137 e. The van der Waals surface area contributed by atoms with Gasteiger partial charge in [0, 0.05) is 31.5 Å². The zero-order valence-electron chi connectivity index (χ0n) is 11.9. The summed E-state index contributed by atoms with van der Waals surface area (Å²) >= 11 is 0. The molecule has 0 N–H and O–H groups in total. The van der Waals surface area contributed by atoms with Crippen LogP contribution in [0.3, 0.4) is 0 Å². The fourth-order valence-electron chi connectivity index (χ4n) is 3.02. The lowest BCUT2D eigenvalue weighted by Crippen LogP contribution is -2.38. The van der Waals surface area contributed by atoms with Crippen LogP contribution in [0.25, 0.3) is 0 Å². The molecule has 2 aromatic heterocycles. The second-order valence-electron chi connectivity index (χ2n) is 5.58. The molecule has 0 radical (unpaired) electrons. The fraction of sp³-hybridized carbons (Fsp3) is 0.533. The molecule has 0 spiro atoms. The highest BCUT2D eigenvalue weighted by Gasteiger charge is 2.24. The maximum atomic E-state index is 4.23. The summed E-state index contributed by atoms with van der Waals surface area (Å²) in [5, 5.41) is 4.22. The van der Waals surface area contributed by atoms with Gasteiger partial charge >= 0.3 is 0 Å². The van der Waals surface area contributed by atoms with Crippen LogP contribution < -0.4 is 0 Å². The second kappa shape index (κ2) is 6.13. The Labute approximate surface area is 119 Å². The van der Waals surface area contributed by atoms with Crippen molar-refractivity contribution in [3.63, 3.8) is 0 Å². The molecule has 5 heteroatoms. The molecule has 1 fully saturated rings. The molecule has 2 atom stereocenters. The highest BCUT2D eigenvalue weighted by Crippen LogP contribution is 2.26. The van der Waals surface area contributed by atoms with Crippen molar-refractivity contribution in [3.05, 3.63) is 42.7 Å². The zero-order valence-corrected chi connectivity index (χ0v) is 11.9. The van der Waals surface area contributed by atoms with E-state index in [1.807, 2.05) is 29.5 Å². The van der Waals surface area contributed by atoms with Crippen LogP contribution in [0.4, 0.5) is 0 Å². The average molecular weight is 271 g/mol. The van der Waals surface area contributed by atoms with E-state index in [0.717, 1.165) is 13.1 Å². The van der Waals surface area contributed by atoms with Gasteiger partial charge in [0.05, 0.1) is 0 Å². The Morgan fingerprint density at radius 1 is 1.40 bits per heavy atom. The summed E-state index contributed by atoms with van der Waals surface area (Å²) in [4.78, 5) is 10.8. The smallest absolute Gasteiger partial charge is 0.137 e. The van der Waals surface area contributed by atoms with Crippen molar-refractivity contribution in [2.75, 3.05) is 13.1 Å². The Hall–Kier alpha value is -1.75. The van der Waals surface area contributed by atoms with Gasteiger partial charge in [-0.2, -0.15) is 5.10 Å². The van der Waals surface area contributed by atoms with Gasteiger partial charge in [0.1, 0.15) is 12.7 Å². The molecular formula is C15H21N5. The number of piperidine rings is 1. The van der Waals surface area contributed by atoms with Gasteiger partial charge in [-0.15, -0.1) is 0 Å². The predicted octanol–water partition coefficient (Wildman–Crippen LogP) is 2.15. The number of pyridine rings is 1. The minimum atomic E-state index is 0.433. The Morgan fingerprint density at radius 2 is 2.35 bits per heavy atom. The second-order valence-corrected chi connectivity index (χ2v) is 5.58. The van der Waals surface area contributed by atoms with Crippen molar-refractivity contribution in [2.45, 2.75) is 32.4 Å². The topological polar surface area (TPSA) is 46.8 Å². The van der Waals surface area contributed by atoms with Crippen LogP contribution in [0.5, 0.6) is 0 Å². The lowest BCUT2D eigenvalue weighted by atomic mass is 9.95. The SMILES string of the molecule is C[C@@H](c1cccnc1)N1CCC[C@@H](Cn2cncn2)C1.